The molecule has 2 amide bonds. The Morgan fingerprint density at radius 3 is 2.67 bits per heavy atom. The Morgan fingerprint density at radius 2 is 2.17 bits per heavy atom. The number of carbonyl (C=O) groups is 2. The van der Waals surface area contributed by atoms with Gasteiger partial charge in [0.1, 0.15) is 12.3 Å². The van der Waals surface area contributed by atoms with Crippen LogP contribution in [0.5, 0.6) is 0 Å². The van der Waals surface area contributed by atoms with Crippen LogP contribution >= 0.6 is 0 Å². The zero-order valence-electron chi connectivity index (χ0n) is 10.8. The fourth-order valence-electron chi connectivity index (χ4n) is 1.42. The molecule has 18 heavy (non-hydrogen) atoms. The Kier molecular flexibility index (Phi) is 4.91. The molecule has 2 unspecified atom stereocenters. The summed E-state index contributed by atoms with van der Waals surface area (Å²) in [5.41, 5.74) is 5.89. The predicted octanol–water partition coefficient (Wildman–Crippen LogP) is 0.204. The molecule has 2 atom stereocenters. The molecule has 0 spiro atoms. The molecular formula is C12H19N3O3. The van der Waals surface area contributed by atoms with E-state index in [2.05, 4.69) is 5.32 Å². The Labute approximate surface area is 106 Å². The van der Waals surface area contributed by atoms with Crippen LogP contribution in [0, 0.1) is 0 Å². The van der Waals surface area contributed by atoms with Crippen molar-refractivity contribution in [2.75, 3.05) is 13.6 Å². The molecule has 3 N–H and O–H groups in total. The monoisotopic (exact) mass is 253 g/mol. The molecule has 0 saturated heterocycles. The number of carbonyl (C=O) groups excluding carboxylic acids is 2. The number of nitrogens with one attached hydrogen (secondary N) is 1. The van der Waals surface area contributed by atoms with Crippen LogP contribution in [-0.4, -0.2) is 42.4 Å². The molecule has 100 valence electrons. The number of hydrogen-bond donors (Lipinski definition) is 2. The second-order valence-electron chi connectivity index (χ2n) is 4.24. The molecule has 0 aliphatic heterocycles. The molecule has 0 radical (unpaired) electrons. The quantitative estimate of drug-likeness (QED) is 0.784. The number of nitrogens with zero attached hydrogens (tertiary/aromatic N) is 1. The topological polar surface area (TPSA) is 88.6 Å². The van der Waals surface area contributed by atoms with Crippen molar-refractivity contribution in [2.45, 2.75) is 25.9 Å². The molecule has 6 heteroatoms. The van der Waals surface area contributed by atoms with Gasteiger partial charge in [-0.25, -0.2) is 0 Å². The van der Waals surface area contributed by atoms with E-state index in [1.54, 1.807) is 20.0 Å². The molecule has 0 saturated carbocycles. The minimum absolute atomic E-state index is 0.0641. The molecule has 0 aliphatic carbocycles. The number of furan rings is 1. The third kappa shape index (κ3) is 3.33. The van der Waals surface area contributed by atoms with E-state index in [1.807, 2.05) is 6.92 Å². The van der Waals surface area contributed by atoms with Gasteiger partial charge in [0.25, 0.3) is 5.91 Å². The zero-order valence-corrected chi connectivity index (χ0v) is 10.8. The highest BCUT2D eigenvalue weighted by atomic mass is 16.3. The maximum atomic E-state index is 12.0. The SMILES string of the molecule is CC(NC(=O)c1ccoc1)C(=O)N(C)C(C)CN. The normalized spacial score (nSPS) is 13.8. The third-order valence-corrected chi connectivity index (χ3v) is 2.85. The van der Waals surface area contributed by atoms with Crippen molar-refractivity contribution in [3.8, 4) is 0 Å². The average molecular weight is 253 g/mol. The lowest BCUT2D eigenvalue weighted by molar-refractivity contribution is -0.133. The number of likely N-dealkylation sites (N-methyl/N-ethyl adjacent to an activating group) is 1. The summed E-state index contributed by atoms with van der Waals surface area (Å²) in [7, 11) is 1.67. The van der Waals surface area contributed by atoms with Gasteiger partial charge >= 0.3 is 0 Å². The molecule has 1 rings (SSSR count). The fourth-order valence-corrected chi connectivity index (χ4v) is 1.42. The zero-order chi connectivity index (χ0) is 13.7. The summed E-state index contributed by atoms with van der Waals surface area (Å²) >= 11 is 0. The van der Waals surface area contributed by atoms with Crippen LogP contribution in [0.25, 0.3) is 0 Å². The lowest BCUT2D eigenvalue weighted by atomic mass is 10.2. The van der Waals surface area contributed by atoms with Crippen molar-refractivity contribution < 1.29 is 14.0 Å². The Hall–Kier alpha value is -1.82. The maximum Gasteiger partial charge on any atom is 0.255 e. The van der Waals surface area contributed by atoms with Gasteiger partial charge < -0.3 is 20.4 Å². The molecule has 6 nitrogen and oxygen atoms in total. The average Bonchev–Trinajstić information content (AvgIpc) is 2.89. The lowest BCUT2D eigenvalue weighted by Crippen LogP contribution is -2.49. The van der Waals surface area contributed by atoms with Crippen LogP contribution in [0.15, 0.2) is 23.0 Å². The van der Waals surface area contributed by atoms with Gasteiger partial charge in [0.05, 0.1) is 11.8 Å². The molecular weight excluding hydrogens is 234 g/mol. The van der Waals surface area contributed by atoms with Gasteiger partial charge in [-0.15, -0.1) is 0 Å². The Bertz CT molecular complexity index is 403. The summed E-state index contributed by atoms with van der Waals surface area (Å²) < 4.78 is 4.81. The van der Waals surface area contributed by atoms with E-state index in [4.69, 9.17) is 10.2 Å². The van der Waals surface area contributed by atoms with Crippen LogP contribution in [-0.2, 0) is 4.79 Å². The summed E-state index contributed by atoms with van der Waals surface area (Å²) in [6.45, 7) is 3.87. The van der Waals surface area contributed by atoms with E-state index in [0.29, 0.717) is 12.1 Å². The summed E-state index contributed by atoms with van der Waals surface area (Å²) in [6.07, 6.45) is 2.74. The Morgan fingerprint density at radius 1 is 1.50 bits per heavy atom. The fraction of sp³-hybridized carbons (Fsp3) is 0.500. The van der Waals surface area contributed by atoms with Crippen molar-refractivity contribution in [1.82, 2.24) is 10.2 Å². The van der Waals surface area contributed by atoms with Crippen molar-refractivity contribution in [3.05, 3.63) is 24.2 Å². The number of hydrogen-bond acceptors (Lipinski definition) is 4. The molecule has 0 fully saturated rings. The van der Waals surface area contributed by atoms with Gasteiger partial charge in [0, 0.05) is 19.6 Å². The maximum absolute atomic E-state index is 12.0. The van der Waals surface area contributed by atoms with E-state index in [1.165, 1.54) is 17.4 Å². The van der Waals surface area contributed by atoms with Gasteiger partial charge in [-0.05, 0) is 19.9 Å². The molecule has 1 heterocycles. The van der Waals surface area contributed by atoms with E-state index in [9.17, 15) is 9.59 Å². The van der Waals surface area contributed by atoms with Crippen LogP contribution in [0.1, 0.15) is 24.2 Å². The summed E-state index contributed by atoms with van der Waals surface area (Å²) in [4.78, 5) is 25.2. The number of rotatable bonds is 5. The van der Waals surface area contributed by atoms with Crippen molar-refractivity contribution >= 4 is 11.8 Å². The van der Waals surface area contributed by atoms with E-state index < -0.39 is 6.04 Å². The lowest BCUT2D eigenvalue weighted by Gasteiger charge is -2.26. The van der Waals surface area contributed by atoms with Crippen molar-refractivity contribution in [1.29, 1.82) is 0 Å². The van der Waals surface area contributed by atoms with E-state index in [-0.39, 0.29) is 17.9 Å². The largest absolute Gasteiger partial charge is 0.472 e. The molecule has 1 aromatic heterocycles. The smallest absolute Gasteiger partial charge is 0.255 e. The first-order chi connectivity index (χ1) is 8.47. The van der Waals surface area contributed by atoms with E-state index >= 15 is 0 Å². The van der Waals surface area contributed by atoms with Crippen LogP contribution < -0.4 is 11.1 Å². The highest BCUT2D eigenvalue weighted by Crippen LogP contribution is 2.02. The van der Waals surface area contributed by atoms with Crippen molar-refractivity contribution in [3.63, 3.8) is 0 Å². The van der Waals surface area contributed by atoms with Gasteiger partial charge in [-0.1, -0.05) is 0 Å². The minimum atomic E-state index is -0.605. The molecule has 0 aromatic carbocycles. The first-order valence-electron chi connectivity index (χ1n) is 5.77. The second-order valence-corrected chi connectivity index (χ2v) is 4.24. The molecule has 0 aliphatic rings. The molecule has 1 aromatic rings. The highest BCUT2D eigenvalue weighted by molar-refractivity contribution is 5.97. The van der Waals surface area contributed by atoms with Crippen LogP contribution in [0.3, 0.4) is 0 Å². The first kappa shape index (κ1) is 14.2. The first-order valence-corrected chi connectivity index (χ1v) is 5.77. The number of amides is 2. The van der Waals surface area contributed by atoms with Gasteiger partial charge in [-0.2, -0.15) is 0 Å². The summed E-state index contributed by atoms with van der Waals surface area (Å²) in [5, 5.41) is 2.61. The van der Waals surface area contributed by atoms with Gasteiger partial charge in [0.15, 0.2) is 0 Å². The summed E-state index contributed by atoms with van der Waals surface area (Å²) in [6, 6.07) is 0.871. The second kappa shape index (κ2) is 6.20. The predicted molar refractivity (Wildman–Crippen MR) is 66.9 cm³/mol. The van der Waals surface area contributed by atoms with Gasteiger partial charge in [0.2, 0.25) is 5.91 Å². The van der Waals surface area contributed by atoms with Gasteiger partial charge in [-0.3, -0.25) is 9.59 Å². The third-order valence-electron chi connectivity index (χ3n) is 2.85. The highest BCUT2D eigenvalue weighted by Gasteiger charge is 2.22. The standard InChI is InChI=1S/C12H19N3O3/c1-8(6-13)15(3)12(17)9(2)14-11(16)10-4-5-18-7-10/h4-5,7-9H,6,13H2,1-3H3,(H,14,16). The van der Waals surface area contributed by atoms with E-state index in [0.717, 1.165) is 0 Å². The minimum Gasteiger partial charge on any atom is -0.472 e. The Balaban J connectivity index is 2.57. The summed E-state index contributed by atoms with van der Waals surface area (Å²) in [5.74, 6) is -0.511. The van der Waals surface area contributed by atoms with Crippen molar-refractivity contribution in [2.24, 2.45) is 5.73 Å². The molecule has 0 bridgehead atoms. The number of nitrogens with two attached hydrogens (primary N) is 1. The van der Waals surface area contributed by atoms with Crippen LogP contribution in [0.2, 0.25) is 0 Å². The van der Waals surface area contributed by atoms with Crippen LogP contribution in [0.4, 0.5) is 0 Å².